The largest absolute Gasteiger partial charge is 0.476 e. The monoisotopic (exact) mass is 412 g/mol. The predicted molar refractivity (Wildman–Crippen MR) is 116 cm³/mol. The Balaban J connectivity index is 2.04. The Hall–Kier alpha value is -3.29. The molecule has 160 valence electrons. The van der Waals surface area contributed by atoms with Crippen LogP contribution in [0.4, 0.5) is 16.3 Å². The molecule has 1 aliphatic rings. The van der Waals surface area contributed by atoms with Gasteiger partial charge in [0.2, 0.25) is 0 Å². The Kier molecular flexibility index (Phi) is 5.87. The SMILES string of the molecule is CCc1nc(N)cc(C)c1-c1ccc2c(c1)N(CCNC(=O)OC)C(=O)C(C)(C)O2. The molecule has 2 heterocycles. The first-order chi connectivity index (χ1) is 14.2. The number of methoxy groups -OCH3 is 1. The number of benzene rings is 1. The summed E-state index contributed by atoms with van der Waals surface area (Å²) in [6.07, 6.45) is 0.188. The minimum atomic E-state index is -1.01. The lowest BCUT2D eigenvalue weighted by atomic mass is 9.95. The summed E-state index contributed by atoms with van der Waals surface area (Å²) in [6, 6.07) is 7.61. The molecule has 3 rings (SSSR count). The highest BCUT2D eigenvalue weighted by Gasteiger charge is 2.40. The molecule has 2 aromatic rings. The highest BCUT2D eigenvalue weighted by molar-refractivity contribution is 6.03. The van der Waals surface area contributed by atoms with Gasteiger partial charge in [0, 0.05) is 18.7 Å². The smallest absolute Gasteiger partial charge is 0.406 e. The van der Waals surface area contributed by atoms with Crippen molar-refractivity contribution in [3.05, 3.63) is 35.5 Å². The molecule has 8 heteroatoms. The van der Waals surface area contributed by atoms with Crippen LogP contribution in [0.2, 0.25) is 0 Å². The third kappa shape index (κ3) is 4.03. The number of rotatable bonds is 5. The molecule has 0 unspecified atom stereocenters. The summed E-state index contributed by atoms with van der Waals surface area (Å²) in [4.78, 5) is 30.6. The van der Waals surface area contributed by atoms with Crippen LogP contribution in [0.25, 0.3) is 11.1 Å². The van der Waals surface area contributed by atoms with Crippen LogP contribution in [0.3, 0.4) is 0 Å². The van der Waals surface area contributed by atoms with E-state index in [2.05, 4.69) is 15.0 Å². The van der Waals surface area contributed by atoms with Gasteiger partial charge >= 0.3 is 6.09 Å². The number of nitrogens with two attached hydrogens (primary N) is 1. The number of alkyl carbamates (subject to hydrolysis) is 1. The molecule has 0 fully saturated rings. The standard InChI is InChI=1S/C22H28N4O4/c1-6-15-19(13(2)11-18(23)25-15)14-7-8-17-16(12-14)26(10-9-24-21(28)29-5)20(27)22(3,4)30-17/h7-8,11-12H,6,9-10H2,1-5H3,(H2,23,25)(H,24,28). The van der Waals surface area contributed by atoms with Crippen molar-refractivity contribution in [2.75, 3.05) is 30.8 Å². The number of aryl methyl sites for hydroxylation is 2. The second-order valence-corrected chi connectivity index (χ2v) is 7.71. The second kappa shape index (κ2) is 8.22. The van der Waals surface area contributed by atoms with Gasteiger partial charge in [-0.25, -0.2) is 9.78 Å². The molecular formula is C22H28N4O4. The van der Waals surface area contributed by atoms with E-state index < -0.39 is 11.7 Å². The molecule has 0 saturated heterocycles. The van der Waals surface area contributed by atoms with E-state index in [0.717, 1.165) is 28.8 Å². The van der Waals surface area contributed by atoms with Crippen molar-refractivity contribution in [3.63, 3.8) is 0 Å². The molecule has 0 bridgehead atoms. The lowest BCUT2D eigenvalue weighted by Gasteiger charge is -2.39. The fraction of sp³-hybridized carbons (Fsp3) is 0.409. The topological polar surface area (TPSA) is 107 Å². The number of nitrogens with one attached hydrogen (secondary N) is 1. The molecule has 1 aromatic heterocycles. The normalized spacial score (nSPS) is 14.7. The molecule has 0 spiro atoms. The Labute approximate surface area is 176 Å². The number of amides is 2. The molecule has 1 aliphatic heterocycles. The molecule has 1 aromatic carbocycles. The van der Waals surface area contributed by atoms with E-state index >= 15 is 0 Å². The van der Waals surface area contributed by atoms with Crippen molar-refractivity contribution < 1.29 is 19.1 Å². The Bertz CT molecular complexity index is 987. The number of pyridine rings is 1. The minimum absolute atomic E-state index is 0.179. The summed E-state index contributed by atoms with van der Waals surface area (Å²) in [5.41, 5.74) is 9.41. The van der Waals surface area contributed by atoms with Gasteiger partial charge < -0.3 is 25.4 Å². The molecule has 30 heavy (non-hydrogen) atoms. The lowest BCUT2D eigenvalue weighted by Crippen LogP contribution is -2.54. The van der Waals surface area contributed by atoms with Gasteiger partial charge in [-0.1, -0.05) is 13.0 Å². The average molecular weight is 412 g/mol. The van der Waals surface area contributed by atoms with Crippen LogP contribution in [0, 0.1) is 6.92 Å². The number of hydrogen-bond donors (Lipinski definition) is 2. The number of aromatic nitrogens is 1. The summed E-state index contributed by atoms with van der Waals surface area (Å²) in [7, 11) is 1.30. The number of carbonyl (C=O) groups is 2. The van der Waals surface area contributed by atoms with Crippen LogP contribution < -0.4 is 20.7 Å². The average Bonchev–Trinajstić information content (AvgIpc) is 2.69. The summed E-state index contributed by atoms with van der Waals surface area (Å²) in [5, 5.41) is 2.62. The number of hydrogen-bond acceptors (Lipinski definition) is 6. The van der Waals surface area contributed by atoms with Gasteiger partial charge in [-0.2, -0.15) is 0 Å². The zero-order valence-corrected chi connectivity index (χ0v) is 18.0. The van der Waals surface area contributed by atoms with Crippen molar-refractivity contribution in [1.29, 1.82) is 0 Å². The minimum Gasteiger partial charge on any atom is -0.476 e. The lowest BCUT2D eigenvalue weighted by molar-refractivity contribution is -0.132. The third-order valence-corrected chi connectivity index (χ3v) is 5.10. The number of nitrogens with zero attached hydrogens (tertiary/aromatic N) is 2. The summed E-state index contributed by atoms with van der Waals surface area (Å²) >= 11 is 0. The van der Waals surface area contributed by atoms with E-state index in [9.17, 15) is 9.59 Å². The van der Waals surface area contributed by atoms with Gasteiger partial charge in [-0.15, -0.1) is 0 Å². The maximum atomic E-state index is 13.1. The number of ether oxygens (including phenoxy) is 2. The van der Waals surface area contributed by atoms with Crippen LogP contribution >= 0.6 is 0 Å². The number of fused-ring (bicyclic) bond motifs is 1. The van der Waals surface area contributed by atoms with Gasteiger partial charge in [-0.05, 0) is 56.5 Å². The van der Waals surface area contributed by atoms with E-state index in [1.54, 1.807) is 18.7 Å². The van der Waals surface area contributed by atoms with Gasteiger partial charge in [0.05, 0.1) is 18.5 Å². The highest BCUT2D eigenvalue weighted by atomic mass is 16.5. The fourth-order valence-corrected chi connectivity index (χ4v) is 3.70. The predicted octanol–water partition coefficient (Wildman–Crippen LogP) is 3.06. The molecule has 0 atom stereocenters. The number of anilines is 2. The van der Waals surface area contributed by atoms with Crippen molar-refractivity contribution in [3.8, 4) is 16.9 Å². The molecule has 8 nitrogen and oxygen atoms in total. The van der Waals surface area contributed by atoms with E-state index in [1.807, 2.05) is 38.1 Å². The van der Waals surface area contributed by atoms with Gasteiger partial charge in [0.1, 0.15) is 11.6 Å². The Morgan fingerprint density at radius 1 is 1.33 bits per heavy atom. The maximum absolute atomic E-state index is 13.1. The Morgan fingerprint density at radius 3 is 2.73 bits per heavy atom. The quantitative estimate of drug-likeness (QED) is 0.782. The summed E-state index contributed by atoms with van der Waals surface area (Å²) < 4.78 is 10.6. The van der Waals surface area contributed by atoms with Crippen molar-refractivity contribution in [2.45, 2.75) is 39.7 Å². The first-order valence-corrected chi connectivity index (χ1v) is 9.91. The van der Waals surface area contributed by atoms with E-state index in [1.165, 1.54) is 7.11 Å². The molecule has 3 N–H and O–H groups in total. The van der Waals surface area contributed by atoms with Crippen molar-refractivity contribution >= 4 is 23.5 Å². The maximum Gasteiger partial charge on any atom is 0.406 e. The Morgan fingerprint density at radius 2 is 2.07 bits per heavy atom. The zero-order valence-electron chi connectivity index (χ0n) is 18.0. The second-order valence-electron chi connectivity index (χ2n) is 7.71. The summed E-state index contributed by atoms with van der Waals surface area (Å²) in [6.45, 7) is 8.03. The van der Waals surface area contributed by atoms with Gasteiger partial charge in [-0.3, -0.25) is 4.79 Å². The zero-order chi connectivity index (χ0) is 22.1. The molecule has 2 amide bonds. The molecule has 0 saturated carbocycles. The van der Waals surface area contributed by atoms with Crippen LogP contribution in [-0.4, -0.2) is 42.8 Å². The van der Waals surface area contributed by atoms with Crippen LogP contribution in [-0.2, 0) is 16.0 Å². The van der Waals surface area contributed by atoms with Crippen LogP contribution in [0.1, 0.15) is 32.0 Å². The van der Waals surface area contributed by atoms with E-state index in [4.69, 9.17) is 10.5 Å². The van der Waals surface area contributed by atoms with Gasteiger partial charge in [0.25, 0.3) is 5.91 Å². The fourth-order valence-electron chi connectivity index (χ4n) is 3.70. The first-order valence-electron chi connectivity index (χ1n) is 9.91. The number of carbonyl (C=O) groups excluding carboxylic acids is 2. The molecule has 0 aliphatic carbocycles. The van der Waals surface area contributed by atoms with Crippen LogP contribution in [0.5, 0.6) is 5.75 Å². The van der Waals surface area contributed by atoms with E-state index in [0.29, 0.717) is 17.3 Å². The molecular weight excluding hydrogens is 384 g/mol. The van der Waals surface area contributed by atoms with Crippen molar-refractivity contribution in [2.24, 2.45) is 0 Å². The van der Waals surface area contributed by atoms with Gasteiger partial charge in [0.15, 0.2) is 5.60 Å². The van der Waals surface area contributed by atoms with Crippen molar-refractivity contribution in [1.82, 2.24) is 10.3 Å². The third-order valence-electron chi connectivity index (χ3n) is 5.10. The first kappa shape index (κ1) is 21.4. The summed E-state index contributed by atoms with van der Waals surface area (Å²) in [5.74, 6) is 0.920. The van der Waals surface area contributed by atoms with E-state index in [-0.39, 0.29) is 19.0 Å². The highest BCUT2D eigenvalue weighted by Crippen LogP contribution is 2.41. The van der Waals surface area contributed by atoms with Crippen LogP contribution in [0.15, 0.2) is 24.3 Å². The molecule has 0 radical (unpaired) electrons. The number of nitrogen functional groups attached to an aromatic ring is 1.